The van der Waals surface area contributed by atoms with Gasteiger partial charge in [0.1, 0.15) is 5.54 Å². The molecule has 0 saturated heterocycles. The van der Waals surface area contributed by atoms with Gasteiger partial charge in [0.05, 0.1) is 33.5 Å². The summed E-state index contributed by atoms with van der Waals surface area (Å²) < 4.78 is 36.0. The van der Waals surface area contributed by atoms with Crippen molar-refractivity contribution >= 4 is 24.4 Å². The number of ether oxygens (including phenoxy) is 7. The molecule has 0 aliphatic heterocycles. The average molecular weight is 598 g/mol. The Labute approximate surface area is 248 Å². The fraction of sp³-hybridized carbons (Fsp3) is 0.667. The Hall–Kier alpha value is -3.54. The number of rotatable bonds is 13. The SMILES string of the molecule is COC(=O)[C@@](N)(CCOC(=O)OCCC(C)C)Cc1ccc(OC(=O)OCC(C)(C)C)c(OC(=O)OCC(C)(C)C)c1. The molecule has 0 aliphatic rings. The van der Waals surface area contributed by atoms with Crippen molar-refractivity contribution in [2.24, 2.45) is 22.5 Å². The molecule has 0 aliphatic carbocycles. The first-order valence-corrected chi connectivity index (χ1v) is 13.8. The van der Waals surface area contributed by atoms with Crippen molar-refractivity contribution in [2.45, 2.75) is 80.2 Å². The number of carbonyl (C=O) groups excluding carboxylic acids is 4. The second-order valence-corrected chi connectivity index (χ2v) is 12.9. The van der Waals surface area contributed by atoms with E-state index >= 15 is 0 Å². The first kappa shape index (κ1) is 36.5. The zero-order chi connectivity index (χ0) is 32.1. The van der Waals surface area contributed by atoms with E-state index in [1.165, 1.54) is 25.3 Å². The van der Waals surface area contributed by atoms with Crippen LogP contribution in [0, 0.1) is 16.7 Å². The van der Waals surface area contributed by atoms with E-state index in [-0.39, 0.29) is 61.6 Å². The molecule has 1 aromatic carbocycles. The van der Waals surface area contributed by atoms with Crippen molar-refractivity contribution in [1.82, 2.24) is 0 Å². The van der Waals surface area contributed by atoms with Crippen molar-refractivity contribution in [3.63, 3.8) is 0 Å². The summed E-state index contributed by atoms with van der Waals surface area (Å²) in [5, 5.41) is 0. The van der Waals surface area contributed by atoms with E-state index in [1.807, 2.05) is 55.4 Å². The molecule has 12 nitrogen and oxygen atoms in total. The third-order valence-electron chi connectivity index (χ3n) is 5.44. The molecule has 0 amide bonds. The zero-order valence-corrected chi connectivity index (χ0v) is 26.3. The summed E-state index contributed by atoms with van der Waals surface area (Å²) in [5.41, 5.74) is 4.60. The third-order valence-corrected chi connectivity index (χ3v) is 5.44. The largest absolute Gasteiger partial charge is 0.513 e. The second-order valence-electron chi connectivity index (χ2n) is 12.9. The summed E-state index contributed by atoms with van der Waals surface area (Å²) in [5.74, 6) is -0.666. The van der Waals surface area contributed by atoms with Gasteiger partial charge in [-0.2, -0.15) is 0 Å². The molecular formula is C30H47NO11. The maximum absolute atomic E-state index is 12.7. The topological polar surface area (TPSA) is 159 Å². The van der Waals surface area contributed by atoms with Crippen LogP contribution in [0.25, 0.3) is 0 Å². The maximum Gasteiger partial charge on any atom is 0.513 e. The number of hydrogen-bond donors (Lipinski definition) is 1. The van der Waals surface area contributed by atoms with Crippen molar-refractivity contribution in [2.75, 3.05) is 33.5 Å². The van der Waals surface area contributed by atoms with Gasteiger partial charge in [-0.05, 0) is 40.9 Å². The Bertz CT molecular complexity index is 1060. The molecule has 42 heavy (non-hydrogen) atoms. The molecule has 238 valence electrons. The minimum absolute atomic E-state index is 0.0729. The lowest BCUT2D eigenvalue weighted by atomic mass is 9.88. The number of benzene rings is 1. The van der Waals surface area contributed by atoms with Gasteiger partial charge in [-0.3, -0.25) is 4.79 Å². The Morgan fingerprint density at radius 1 is 0.762 bits per heavy atom. The van der Waals surface area contributed by atoms with Crippen molar-refractivity contribution in [3.05, 3.63) is 23.8 Å². The molecule has 1 rings (SSSR count). The molecule has 0 unspecified atom stereocenters. The highest BCUT2D eigenvalue weighted by Gasteiger charge is 2.36. The number of hydrogen-bond acceptors (Lipinski definition) is 12. The maximum atomic E-state index is 12.7. The van der Waals surface area contributed by atoms with Gasteiger partial charge in [0, 0.05) is 12.8 Å². The normalized spacial score (nSPS) is 13.0. The minimum Gasteiger partial charge on any atom is -0.468 e. The van der Waals surface area contributed by atoms with Gasteiger partial charge in [0.25, 0.3) is 0 Å². The molecule has 0 saturated carbocycles. The molecule has 0 heterocycles. The van der Waals surface area contributed by atoms with Crippen LogP contribution >= 0.6 is 0 Å². The highest BCUT2D eigenvalue weighted by molar-refractivity contribution is 5.81. The summed E-state index contributed by atoms with van der Waals surface area (Å²) in [6.45, 7) is 15.4. The van der Waals surface area contributed by atoms with E-state index < -0.39 is 30.0 Å². The van der Waals surface area contributed by atoms with Gasteiger partial charge in [0.15, 0.2) is 11.5 Å². The van der Waals surface area contributed by atoms with Crippen molar-refractivity contribution < 1.29 is 52.3 Å². The first-order chi connectivity index (χ1) is 19.3. The quantitative estimate of drug-likeness (QED) is 0.165. The van der Waals surface area contributed by atoms with Gasteiger partial charge >= 0.3 is 24.4 Å². The molecule has 0 radical (unpaired) electrons. The predicted octanol–water partition coefficient (Wildman–Crippen LogP) is 5.81. The van der Waals surface area contributed by atoms with E-state index in [2.05, 4.69) is 0 Å². The third kappa shape index (κ3) is 14.9. The van der Waals surface area contributed by atoms with Gasteiger partial charge in [0.2, 0.25) is 0 Å². The van der Waals surface area contributed by atoms with E-state index in [9.17, 15) is 19.2 Å². The van der Waals surface area contributed by atoms with Gasteiger partial charge < -0.3 is 38.9 Å². The minimum atomic E-state index is -1.62. The zero-order valence-electron chi connectivity index (χ0n) is 26.3. The van der Waals surface area contributed by atoms with Crippen LogP contribution in [0.2, 0.25) is 0 Å². The lowest BCUT2D eigenvalue weighted by molar-refractivity contribution is -0.147. The van der Waals surface area contributed by atoms with Crippen LogP contribution in [0.15, 0.2) is 18.2 Å². The summed E-state index contributed by atoms with van der Waals surface area (Å²) in [4.78, 5) is 49.3. The van der Waals surface area contributed by atoms with Crippen LogP contribution in [0.4, 0.5) is 14.4 Å². The molecule has 2 N–H and O–H groups in total. The van der Waals surface area contributed by atoms with Crippen LogP contribution in [-0.4, -0.2) is 63.5 Å². The lowest BCUT2D eigenvalue weighted by Gasteiger charge is -2.26. The molecule has 0 fully saturated rings. The van der Waals surface area contributed by atoms with Crippen LogP contribution < -0.4 is 15.2 Å². The summed E-state index contributed by atoms with van der Waals surface area (Å²) >= 11 is 0. The smallest absolute Gasteiger partial charge is 0.468 e. The highest BCUT2D eigenvalue weighted by atomic mass is 16.7. The van der Waals surface area contributed by atoms with Gasteiger partial charge in [-0.25, -0.2) is 14.4 Å². The Morgan fingerprint density at radius 3 is 1.79 bits per heavy atom. The van der Waals surface area contributed by atoms with Crippen LogP contribution in [0.1, 0.15) is 73.8 Å². The highest BCUT2D eigenvalue weighted by Crippen LogP contribution is 2.32. The van der Waals surface area contributed by atoms with E-state index in [0.717, 1.165) is 0 Å². The molecule has 0 aromatic heterocycles. The number of nitrogens with two attached hydrogens (primary N) is 1. The van der Waals surface area contributed by atoms with Crippen LogP contribution in [-0.2, 0) is 34.9 Å². The predicted molar refractivity (Wildman–Crippen MR) is 153 cm³/mol. The Kier molecular flexibility index (Phi) is 14.1. The number of esters is 1. The molecule has 12 heteroatoms. The second kappa shape index (κ2) is 16.2. The van der Waals surface area contributed by atoms with E-state index in [4.69, 9.17) is 38.9 Å². The molecule has 0 spiro atoms. The molecular weight excluding hydrogens is 550 g/mol. The molecule has 1 atom stereocenters. The Balaban J connectivity index is 3.12. The summed E-state index contributed by atoms with van der Waals surface area (Å²) in [6.07, 6.45) is -2.40. The summed E-state index contributed by atoms with van der Waals surface area (Å²) in [7, 11) is 1.19. The van der Waals surface area contributed by atoms with Crippen LogP contribution in [0.5, 0.6) is 11.5 Å². The average Bonchev–Trinajstić information content (AvgIpc) is 2.86. The Morgan fingerprint density at radius 2 is 1.29 bits per heavy atom. The van der Waals surface area contributed by atoms with Gasteiger partial charge in [-0.1, -0.05) is 61.5 Å². The number of carbonyl (C=O) groups is 4. The monoisotopic (exact) mass is 597 g/mol. The van der Waals surface area contributed by atoms with E-state index in [1.54, 1.807) is 0 Å². The van der Waals surface area contributed by atoms with Gasteiger partial charge in [-0.15, -0.1) is 0 Å². The van der Waals surface area contributed by atoms with E-state index in [0.29, 0.717) is 17.9 Å². The van der Waals surface area contributed by atoms with Crippen molar-refractivity contribution in [1.29, 1.82) is 0 Å². The van der Waals surface area contributed by atoms with Crippen LogP contribution in [0.3, 0.4) is 0 Å². The standard InChI is InChI=1S/C30H47NO11/c1-20(2)12-14-37-25(33)38-15-13-30(31,24(32)36-9)17-21-10-11-22(41-26(34)39-18-28(3,4)5)23(16-21)42-27(35)40-19-29(6,7)8/h10-11,16,20H,12-15,17-19,31H2,1-9H3/t30-/m1/s1. The fourth-order valence-corrected chi connectivity index (χ4v) is 3.18. The lowest BCUT2D eigenvalue weighted by Crippen LogP contribution is -2.51. The number of methoxy groups -OCH3 is 1. The van der Waals surface area contributed by atoms with Crippen molar-refractivity contribution in [3.8, 4) is 11.5 Å². The summed E-state index contributed by atoms with van der Waals surface area (Å²) in [6, 6.07) is 4.29. The molecule has 1 aromatic rings. The fourth-order valence-electron chi connectivity index (χ4n) is 3.18. The first-order valence-electron chi connectivity index (χ1n) is 13.8. The molecule has 0 bridgehead atoms.